The first-order valence-electron chi connectivity index (χ1n) is 4.56. The Kier molecular flexibility index (Phi) is 4.19. The van der Waals surface area contributed by atoms with Crippen molar-refractivity contribution in [1.29, 1.82) is 0 Å². The van der Waals surface area contributed by atoms with Gasteiger partial charge in [-0.15, -0.1) is 0 Å². The van der Waals surface area contributed by atoms with Crippen molar-refractivity contribution in [3.8, 4) is 0 Å². The van der Waals surface area contributed by atoms with E-state index in [1.807, 2.05) is 18.7 Å². The van der Waals surface area contributed by atoms with Gasteiger partial charge < -0.3 is 0 Å². The van der Waals surface area contributed by atoms with Gasteiger partial charge in [0.1, 0.15) is 4.90 Å². The molecule has 15 heavy (non-hydrogen) atoms. The largest absolute Gasteiger partial charge is 0.287 e. The fraction of sp³-hybridized carbons (Fsp3) is 0.444. The minimum absolute atomic E-state index is 0.0914. The summed E-state index contributed by atoms with van der Waals surface area (Å²) in [5.41, 5.74) is 0. The first-order valence-corrected chi connectivity index (χ1v) is 6.04. The summed E-state index contributed by atoms with van der Waals surface area (Å²) in [7, 11) is -3.59. The molecule has 0 atom stereocenters. The lowest BCUT2D eigenvalue weighted by molar-refractivity contribution is 0.0718. The van der Waals surface area contributed by atoms with Gasteiger partial charge in [0.05, 0.1) is 6.61 Å². The summed E-state index contributed by atoms with van der Waals surface area (Å²) in [6.45, 7) is 4.19. The second kappa shape index (κ2) is 5.20. The predicted molar refractivity (Wildman–Crippen MR) is 55.3 cm³/mol. The van der Waals surface area contributed by atoms with Gasteiger partial charge in [0.25, 0.3) is 10.0 Å². The summed E-state index contributed by atoms with van der Waals surface area (Å²) in [6, 6.07) is 3.01. The Morgan fingerprint density at radius 2 is 2.27 bits per heavy atom. The molecule has 1 aromatic heterocycles. The highest BCUT2D eigenvalue weighted by Gasteiger charge is 2.13. The number of nitrogens with zero attached hydrogens (tertiary/aromatic N) is 1. The standard InChI is InChI=1S/C9H14N2O3S/c1-8(2)7-14-11-15(12,13)9-4-3-5-10-6-9/h3-6,8,11H,7H2,1-2H3. The summed E-state index contributed by atoms with van der Waals surface area (Å²) >= 11 is 0. The van der Waals surface area contributed by atoms with E-state index in [0.717, 1.165) is 0 Å². The maximum absolute atomic E-state index is 11.5. The van der Waals surface area contributed by atoms with Crippen molar-refractivity contribution in [2.45, 2.75) is 18.7 Å². The molecule has 0 saturated carbocycles. The molecule has 0 spiro atoms. The van der Waals surface area contributed by atoms with Crippen LogP contribution in [0.3, 0.4) is 0 Å². The highest BCUT2D eigenvalue weighted by atomic mass is 32.2. The maximum Gasteiger partial charge on any atom is 0.264 e. The van der Waals surface area contributed by atoms with E-state index in [9.17, 15) is 8.42 Å². The molecule has 0 unspecified atom stereocenters. The summed E-state index contributed by atoms with van der Waals surface area (Å²) in [5, 5.41) is 0. The quantitative estimate of drug-likeness (QED) is 0.765. The van der Waals surface area contributed by atoms with Crippen LogP contribution in [0.1, 0.15) is 13.8 Å². The van der Waals surface area contributed by atoms with E-state index >= 15 is 0 Å². The minimum Gasteiger partial charge on any atom is -0.287 e. The molecule has 5 nitrogen and oxygen atoms in total. The van der Waals surface area contributed by atoms with Crippen molar-refractivity contribution in [2.75, 3.05) is 6.61 Å². The molecule has 1 aromatic rings. The van der Waals surface area contributed by atoms with E-state index in [1.165, 1.54) is 18.5 Å². The van der Waals surface area contributed by atoms with Gasteiger partial charge in [-0.05, 0) is 18.1 Å². The Balaban J connectivity index is 2.61. The zero-order valence-electron chi connectivity index (χ0n) is 8.67. The number of sulfonamides is 1. The van der Waals surface area contributed by atoms with Gasteiger partial charge in [0.15, 0.2) is 0 Å². The molecule has 0 fully saturated rings. The zero-order chi connectivity index (χ0) is 11.3. The Labute approximate surface area is 89.5 Å². The first kappa shape index (κ1) is 12.1. The van der Waals surface area contributed by atoms with Gasteiger partial charge in [-0.25, -0.2) is 8.42 Å². The molecular weight excluding hydrogens is 216 g/mol. The van der Waals surface area contributed by atoms with Crippen molar-refractivity contribution in [2.24, 2.45) is 5.92 Å². The summed E-state index contributed by atoms with van der Waals surface area (Å²) in [6.07, 6.45) is 2.77. The van der Waals surface area contributed by atoms with Crippen LogP contribution < -0.4 is 4.89 Å². The van der Waals surface area contributed by atoms with Crippen molar-refractivity contribution in [3.63, 3.8) is 0 Å². The van der Waals surface area contributed by atoms with Crippen LogP contribution in [0.4, 0.5) is 0 Å². The third kappa shape index (κ3) is 3.94. The van der Waals surface area contributed by atoms with Gasteiger partial charge >= 0.3 is 0 Å². The fourth-order valence-electron chi connectivity index (χ4n) is 0.832. The molecule has 0 aliphatic carbocycles. The third-order valence-electron chi connectivity index (χ3n) is 1.53. The van der Waals surface area contributed by atoms with Gasteiger partial charge in [0.2, 0.25) is 0 Å². The van der Waals surface area contributed by atoms with Gasteiger partial charge in [0, 0.05) is 12.4 Å². The first-order chi connectivity index (χ1) is 7.02. The van der Waals surface area contributed by atoms with E-state index in [-0.39, 0.29) is 10.8 Å². The molecule has 0 radical (unpaired) electrons. The van der Waals surface area contributed by atoms with Crippen molar-refractivity contribution < 1.29 is 13.3 Å². The molecule has 0 bridgehead atoms. The molecule has 1 N–H and O–H groups in total. The average Bonchev–Trinajstić information content (AvgIpc) is 2.18. The third-order valence-corrected chi connectivity index (χ3v) is 2.73. The SMILES string of the molecule is CC(C)CONS(=O)(=O)c1cccnc1. The molecule has 0 aliphatic heterocycles. The molecule has 0 aromatic carbocycles. The normalized spacial score (nSPS) is 11.9. The number of hydrogen-bond donors (Lipinski definition) is 1. The van der Waals surface area contributed by atoms with E-state index in [4.69, 9.17) is 4.84 Å². The molecule has 1 rings (SSSR count). The predicted octanol–water partition coefficient (Wildman–Crippen LogP) is 0.948. The van der Waals surface area contributed by atoms with Crippen LogP contribution in [0, 0.1) is 5.92 Å². The van der Waals surface area contributed by atoms with Crippen LogP contribution in [0.5, 0.6) is 0 Å². The van der Waals surface area contributed by atoms with E-state index < -0.39 is 10.0 Å². The zero-order valence-corrected chi connectivity index (χ0v) is 9.49. The molecule has 6 heteroatoms. The van der Waals surface area contributed by atoms with Crippen LogP contribution in [0.2, 0.25) is 0 Å². The van der Waals surface area contributed by atoms with Gasteiger partial charge in [-0.3, -0.25) is 9.82 Å². The van der Waals surface area contributed by atoms with Crippen molar-refractivity contribution in [3.05, 3.63) is 24.5 Å². The highest BCUT2D eigenvalue weighted by Crippen LogP contribution is 2.05. The van der Waals surface area contributed by atoms with Crippen LogP contribution in [0.15, 0.2) is 29.4 Å². The minimum atomic E-state index is -3.59. The smallest absolute Gasteiger partial charge is 0.264 e. The van der Waals surface area contributed by atoms with Gasteiger partial charge in [-0.1, -0.05) is 18.7 Å². The molecule has 0 saturated heterocycles. The van der Waals surface area contributed by atoms with Crippen LogP contribution >= 0.6 is 0 Å². The van der Waals surface area contributed by atoms with Crippen molar-refractivity contribution in [1.82, 2.24) is 9.87 Å². The van der Waals surface area contributed by atoms with E-state index in [0.29, 0.717) is 6.61 Å². The Hall–Kier alpha value is -0.980. The molecule has 0 aliphatic rings. The topological polar surface area (TPSA) is 68.3 Å². The lowest BCUT2D eigenvalue weighted by atomic mass is 10.2. The molecule has 84 valence electrons. The lowest BCUT2D eigenvalue weighted by Gasteiger charge is -2.08. The molecule has 0 amide bonds. The molecular formula is C9H14N2O3S. The fourth-order valence-corrected chi connectivity index (χ4v) is 1.61. The second-order valence-corrected chi connectivity index (χ2v) is 5.13. The molecule has 1 heterocycles. The van der Waals surface area contributed by atoms with Crippen LogP contribution in [-0.4, -0.2) is 20.0 Å². The lowest BCUT2D eigenvalue weighted by Crippen LogP contribution is -2.25. The number of aromatic nitrogens is 1. The summed E-state index contributed by atoms with van der Waals surface area (Å²) in [4.78, 5) is 10.7. The Morgan fingerprint density at radius 1 is 1.53 bits per heavy atom. The second-order valence-electron chi connectivity index (χ2n) is 3.48. The van der Waals surface area contributed by atoms with Crippen LogP contribution in [0.25, 0.3) is 0 Å². The van der Waals surface area contributed by atoms with E-state index in [2.05, 4.69) is 4.98 Å². The Morgan fingerprint density at radius 3 is 2.80 bits per heavy atom. The average molecular weight is 230 g/mol. The van der Waals surface area contributed by atoms with Crippen LogP contribution in [-0.2, 0) is 14.9 Å². The monoisotopic (exact) mass is 230 g/mol. The number of rotatable bonds is 5. The Bertz CT molecular complexity index is 389. The van der Waals surface area contributed by atoms with Crippen molar-refractivity contribution >= 4 is 10.0 Å². The number of pyridine rings is 1. The maximum atomic E-state index is 11.5. The van der Waals surface area contributed by atoms with Gasteiger partial charge in [-0.2, -0.15) is 0 Å². The number of nitrogens with one attached hydrogen (secondary N) is 1. The summed E-state index contributed by atoms with van der Waals surface area (Å²) < 4.78 is 23.1. The highest BCUT2D eigenvalue weighted by molar-refractivity contribution is 7.89. The number of hydrogen-bond acceptors (Lipinski definition) is 4. The van der Waals surface area contributed by atoms with E-state index in [1.54, 1.807) is 6.07 Å². The summed E-state index contributed by atoms with van der Waals surface area (Å²) in [5.74, 6) is 0.265.